The summed E-state index contributed by atoms with van der Waals surface area (Å²) in [5.41, 5.74) is 0.995. The lowest BCUT2D eigenvalue weighted by molar-refractivity contribution is -0.384. The highest BCUT2D eigenvalue weighted by Gasteiger charge is 2.09. The molecule has 0 unspecified atom stereocenters. The zero-order valence-corrected chi connectivity index (χ0v) is 13.0. The number of anilines is 1. The van der Waals surface area contributed by atoms with Gasteiger partial charge in [-0.1, -0.05) is 6.07 Å². The fourth-order valence-corrected chi connectivity index (χ4v) is 2.11. The Kier molecular flexibility index (Phi) is 4.66. The molecule has 0 aliphatic carbocycles. The summed E-state index contributed by atoms with van der Waals surface area (Å²) in [6.07, 6.45) is 3.17. The maximum atomic E-state index is 12.3. The monoisotopic (exact) mass is 335 g/mol. The summed E-state index contributed by atoms with van der Waals surface area (Å²) in [7, 11) is 0. The molecule has 124 valence electrons. The van der Waals surface area contributed by atoms with Crippen molar-refractivity contribution in [1.82, 2.24) is 4.98 Å². The lowest BCUT2D eigenvalue weighted by Crippen LogP contribution is -2.11. The van der Waals surface area contributed by atoms with E-state index in [4.69, 9.17) is 4.74 Å². The number of benzene rings is 2. The van der Waals surface area contributed by atoms with Crippen LogP contribution in [0.15, 0.2) is 73.1 Å². The molecular weight excluding hydrogens is 322 g/mol. The van der Waals surface area contributed by atoms with Crippen molar-refractivity contribution in [3.8, 4) is 11.5 Å². The Morgan fingerprint density at radius 2 is 1.84 bits per heavy atom. The molecule has 0 aliphatic rings. The maximum absolute atomic E-state index is 12.3. The third-order valence-electron chi connectivity index (χ3n) is 3.30. The van der Waals surface area contributed by atoms with Crippen LogP contribution in [0.2, 0.25) is 0 Å². The fraction of sp³-hybridized carbons (Fsp3) is 0. The molecule has 0 fully saturated rings. The van der Waals surface area contributed by atoms with Crippen molar-refractivity contribution in [2.45, 2.75) is 0 Å². The second-order valence-electron chi connectivity index (χ2n) is 5.08. The van der Waals surface area contributed by atoms with E-state index in [2.05, 4.69) is 10.3 Å². The number of amides is 1. The smallest absolute Gasteiger partial charge is 0.269 e. The van der Waals surface area contributed by atoms with Crippen molar-refractivity contribution in [2.24, 2.45) is 0 Å². The minimum Gasteiger partial charge on any atom is -0.457 e. The molecule has 7 heteroatoms. The number of hydrogen-bond acceptors (Lipinski definition) is 5. The van der Waals surface area contributed by atoms with Gasteiger partial charge in [0, 0.05) is 23.9 Å². The number of carbonyl (C=O) groups excluding carboxylic acids is 1. The van der Waals surface area contributed by atoms with Crippen LogP contribution in [0.1, 0.15) is 10.4 Å². The van der Waals surface area contributed by atoms with Crippen LogP contribution in [0.5, 0.6) is 11.5 Å². The van der Waals surface area contributed by atoms with Crippen molar-refractivity contribution in [3.63, 3.8) is 0 Å². The van der Waals surface area contributed by atoms with Gasteiger partial charge < -0.3 is 10.1 Å². The number of nitro groups is 1. The second-order valence-corrected chi connectivity index (χ2v) is 5.08. The molecule has 2 aromatic carbocycles. The highest BCUT2D eigenvalue weighted by atomic mass is 16.6. The minimum absolute atomic E-state index is 0.0167. The van der Waals surface area contributed by atoms with Gasteiger partial charge in [-0.3, -0.25) is 19.9 Å². The first-order valence-electron chi connectivity index (χ1n) is 7.35. The Bertz CT molecular complexity index is 896. The highest BCUT2D eigenvalue weighted by molar-refractivity contribution is 6.04. The van der Waals surface area contributed by atoms with Crippen LogP contribution in [0.25, 0.3) is 0 Å². The van der Waals surface area contributed by atoms with Crippen molar-refractivity contribution in [2.75, 3.05) is 5.32 Å². The number of non-ortho nitro benzene ring substituents is 1. The van der Waals surface area contributed by atoms with E-state index in [1.54, 1.807) is 48.8 Å². The van der Waals surface area contributed by atoms with Gasteiger partial charge in [-0.05, 0) is 42.5 Å². The van der Waals surface area contributed by atoms with Crippen molar-refractivity contribution < 1.29 is 14.5 Å². The van der Waals surface area contributed by atoms with Crippen molar-refractivity contribution in [1.29, 1.82) is 0 Å². The van der Waals surface area contributed by atoms with E-state index in [0.29, 0.717) is 22.7 Å². The van der Waals surface area contributed by atoms with Gasteiger partial charge in [-0.25, -0.2) is 0 Å². The van der Waals surface area contributed by atoms with E-state index >= 15 is 0 Å². The van der Waals surface area contributed by atoms with Gasteiger partial charge in [0.1, 0.15) is 11.5 Å². The van der Waals surface area contributed by atoms with Crippen LogP contribution >= 0.6 is 0 Å². The number of rotatable bonds is 5. The predicted molar refractivity (Wildman–Crippen MR) is 91.8 cm³/mol. The van der Waals surface area contributed by atoms with Crippen LogP contribution in [-0.2, 0) is 0 Å². The molecular formula is C18H13N3O4. The molecule has 0 spiro atoms. The zero-order valence-electron chi connectivity index (χ0n) is 13.0. The van der Waals surface area contributed by atoms with Gasteiger partial charge in [-0.15, -0.1) is 0 Å². The van der Waals surface area contributed by atoms with Crippen LogP contribution in [0, 0.1) is 10.1 Å². The van der Waals surface area contributed by atoms with Gasteiger partial charge in [0.05, 0.1) is 16.8 Å². The Balaban J connectivity index is 1.72. The van der Waals surface area contributed by atoms with Crippen LogP contribution in [-0.4, -0.2) is 15.8 Å². The van der Waals surface area contributed by atoms with Gasteiger partial charge in [0.2, 0.25) is 0 Å². The molecule has 1 aromatic heterocycles. The van der Waals surface area contributed by atoms with E-state index in [0.717, 1.165) is 0 Å². The molecule has 3 aromatic rings. The normalized spacial score (nSPS) is 10.1. The largest absolute Gasteiger partial charge is 0.457 e. The SMILES string of the molecule is O=C(Nc1cccnc1)c1cccc(Oc2ccc([N+](=O)[O-])cc2)c1. The summed E-state index contributed by atoms with van der Waals surface area (Å²) in [6.45, 7) is 0. The Labute approximate surface area is 143 Å². The summed E-state index contributed by atoms with van der Waals surface area (Å²) in [6, 6.07) is 15.8. The number of nitrogens with zero attached hydrogens (tertiary/aromatic N) is 2. The van der Waals surface area contributed by atoms with Crippen molar-refractivity contribution >= 4 is 17.3 Å². The van der Waals surface area contributed by atoms with Crippen molar-refractivity contribution in [3.05, 3.63) is 88.7 Å². The van der Waals surface area contributed by atoms with Crippen LogP contribution in [0.4, 0.5) is 11.4 Å². The van der Waals surface area contributed by atoms with E-state index < -0.39 is 4.92 Å². The Morgan fingerprint density at radius 3 is 2.52 bits per heavy atom. The molecule has 3 rings (SSSR count). The maximum Gasteiger partial charge on any atom is 0.269 e. The molecule has 0 saturated carbocycles. The van der Waals surface area contributed by atoms with E-state index in [1.807, 2.05) is 0 Å². The molecule has 0 saturated heterocycles. The number of nitrogens with one attached hydrogen (secondary N) is 1. The number of nitro benzene ring substituents is 1. The first kappa shape index (κ1) is 16.1. The Hall–Kier alpha value is -3.74. The van der Waals surface area contributed by atoms with Gasteiger partial charge in [0.15, 0.2) is 0 Å². The van der Waals surface area contributed by atoms with Gasteiger partial charge >= 0.3 is 0 Å². The molecule has 1 heterocycles. The number of pyridine rings is 1. The quantitative estimate of drug-likeness (QED) is 0.561. The second kappa shape index (κ2) is 7.22. The lowest BCUT2D eigenvalue weighted by Gasteiger charge is -2.08. The molecule has 0 bridgehead atoms. The standard InChI is InChI=1S/C18H13N3O4/c22-18(20-14-4-2-10-19-12-14)13-3-1-5-17(11-13)25-16-8-6-15(7-9-16)21(23)24/h1-12H,(H,20,22). The van der Waals surface area contributed by atoms with Gasteiger partial charge in [0.25, 0.3) is 11.6 Å². The highest BCUT2D eigenvalue weighted by Crippen LogP contribution is 2.24. The molecule has 25 heavy (non-hydrogen) atoms. The minimum atomic E-state index is -0.479. The number of carbonyl (C=O) groups is 1. The van der Waals surface area contributed by atoms with E-state index in [-0.39, 0.29) is 11.6 Å². The molecule has 0 aliphatic heterocycles. The van der Waals surface area contributed by atoms with Crippen LogP contribution in [0.3, 0.4) is 0 Å². The molecule has 1 amide bonds. The summed E-state index contributed by atoms with van der Waals surface area (Å²) in [5, 5.41) is 13.4. The number of aromatic nitrogens is 1. The third-order valence-corrected chi connectivity index (χ3v) is 3.30. The lowest BCUT2D eigenvalue weighted by atomic mass is 10.2. The average molecular weight is 335 g/mol. The predicted octanol–water partition coefficient (Wildman–Crippen LogP) is 4.03. The number of ether oxygens (including phenoxy) is 1. The average Bonchev–Trinajstić information content (AvgIpc) is 2.63. The summed E-state index contributed by atoms with van der Waals surface area (Å²) in [5.74, 6) is 0.602. The summed E-state index contributed by atoms with van der Waals surface area (Å²) < 4.78 is 5.64. The first-order valence-corrected chi connectivity index (χ1v) is 7.35. The summed E-state index contributed by atoms with van der Waals surface area (Å²) in [4.78, 5) is 26.4. The topological polar surface area (TPSA) is 94.4 Å². The number of hydrogen-bond donors (Lipinski definition) is 1. The molecule has 0 radical (unpaired) electrons. The molecule has 7 nitrogen and oxygen atoms in total. The third kappa shape index (κ3) is 4.17. The zero-order chi connectivity index (χ0) is 17.6. The molecule has 1 N–H and O–H groups in total. The van der Waals surface area contributed by atoms with Gasteiger partial charge in [-0.2, -0.15) is 0 Å². The van der Waals surface area contributed by atoms with E-state index in [9.17, 15) is 14.9 Å². The van der Waals surface area contributed by atoms with Crippen LogP contribution < -0.4 is 10.1 Å². The fourth-order valence-electron chi connectivity index (χ4n) is 2.11. The first-order chi connectivity index (χ1) is 12.1. The Morgan fingerprint density at radius 1 is 1.04 bits per heavy atom. The summed E-state index contributed by atoms with van der Waals surface area (Å²) >= 11 is 0. The molecule has 0 atom stereocenters. The van der Waals surface area contributed by atoms with E-state index in [1.165, 1.54) is 24.3 Å².